The van der Waals surface area contributed by atoms with Gasteiger partial charge in [-0.05, 0) is 80.3 Å². The third-order valence-electron chi connectivity index (χ3n) is 5.32. The van der Waals surface area contributed by atoms with Gasteiger partial charge in [0.05, 0.1) is 0 Å². The van der Waals surface area contributed by atoms with E-state index in [0.29, 0.717) is 12.3 Å². The summed E-state index contributed by atoms with van der Waals surface area (Å²) in [4.78, 5) is 10.6. The highest BCUT2D eigenvalue weighted by Gasteiger charge is 2.26. The van der Waals surface area contributed by atoms with Gasteiger partial charge in [-0.15, -0.1) is 0 Å². The van der Waals surface area contributed by atoms with Crippen molar-refractivity contribution >= 4 is 6.29 Å². The van der Waals surface area contributed by atoms with Crippen molar-refractivity contribution in [1.82, 2.24) is 10.6 Å². The molecular formula is C19H28N2O. The molecule has 0 spiro atoms. The number of hydrogen-bond donors (Lipinski definition) is 2. The number of unbranched alkanes of at least 4 members (excludes halogenated alkanes) is 1. The van der Waals surface area contributed by atoms with Crippen LogP contribution in [0.2, 0.25) is 0 Å². The first-order valence-corrected chi connectivity index (χ1v) is 8.85. The van der Waals surface area contributed by atoms with Gasteiger partial charge in [0.2, 0.25) is 0 Å². The number of aldehydes is 1. The summed E-state index contributed by atoms with van der Waals surface area (Å²) in [7, 11) is 0. The quantitative estimate of drug-likeness (QED) is 0.648. The average molecular weight is 300 g/mol. The van der Waals surface area contributed by atoms with E-state index in [1.165, 1.54) is 24.0 Å². The summed E-state index contributed by atoms with van der Waals surface area (Å²) in [5.41, 5.74) is 4.57. The zero-order valence-electron chi connectivity index (χ0n) is 13.4. The molecule has 2 N–H and O–H groups in total. The van der Waals surface area contributed by atoms with Gasteiger partial charge in [0, 0.05) is 13.0 Å². The van der Waals surface area contributed by atoms with E-state index in [-0.39, 0.29) is 0 Å². The highest BCUT2D eigenvalue weighted by molar-refractivity contribution is 5.49. The van der Waals surface area contributed by atoms with Crippen LogP contribution in [0.15, 0.2) is 18.2 Å². The molecule has 3 rings (SSSR count). The van der Waals surface area contributed by atoms with Crippen LogP contribution in [0.4, 0.5) is 0 Å². The van der Waals surface area contributed by atoms with Crippen molar-refractivity contribution in [2.24, 2.45) is 5.92 Å². The van der Waals surface area contributed by atoms with Gasteiger partial charge in [-0.25, -0.2) is 0 Å². The highest BCUT2D eigenvalue weighted by Crippen LogP contribution is 2.34. The van der Waals surface area contributed by atoms with Crippen molar-refractivity contribution in [3.8, 4) is 0 Å². The van der Waals surface area contributed by atoms with Gasteiger partial charge in [0.1, 0.15) is 6.29 Å². The second kappa shape index (κ2) is 7.89. The molecule has 0 bridgehead atoms. The number of carbonyl (C=O) groups excluding carboxylic acids is 1. The molecule has 3 nitrogen and oxygen atoms in total. The molecule has 1 aromatic carbocycles. The normalized spacial score (nSPS) is 25.3. The van der Waals surface area contributed by atoms with Crippen LogP contribution in [0.1, 0.15) is 48.3 Å². The molecule has 2 aliphatic heterocycles. The minimum absolute atomic E-state index is 0.613. The maximum Gasteiger partial charge on any atom is 0.119 e. The molecule has 2 heterocycles. The Hall–Kier alpha value is -1.19. The van der Waals surface area contributed by atoms with Crippen LogP contribution in [-0.2, 0) is 17.6 Å². The van der Waals surface area contributed by atoms with E-state index in [2.05, 4.69) is 28.8 Å². The highest BCUT2D eigenvalue weighted by atomic mass is 16.1. The smallest absolute Gasteiger partial charge is 0.119 e. The molecule has 2 unspecified atom stereocenters. The first kappa shape index (κ1) is 15.7. The number of benzene rings is 1. The van der Waals surface area contributed by atoms with E-state index in [4.69, 9.17) is 0 Å². The van der Waals surface area contributed by atoms with Crippen molar-refractivity contribution in [3.05, 3.63) is 34.9 Å². The molecule has 1 saturated heterocycles. The second-order valence-electron chi connectivity index (χ2n) is 6.74. The monoisotopic (exact) mass is 300 g/mol. The predicted octanol–water partition coefficient (Wildman–Crippen LogP) is 2.44. The molecular weight excluding hydrogens is 272 g/mol. The minimum Gasteiger partial charge on any atom is -0.316 e. The maximum atomic E-state index is 10.6. The first-order valence-electron chi connectivity index (χ1n) is 8.85. The number of fused-ring (bicyclic) bond motifs is 1. The first-order chi connectivity index (χ1) is 10.9. The fourth-order valence-corrected chi connectivity index (χ4v) is 4.04. The molecule has 0 radical (unpaired) electrons. The van der Waals surface area contributed by atoms with Crippen LogP contribution >= 0.6 is 0 Å². The fourth-order valence-electron chi connectivity index (χ4n) is 4.04. The van der Waals surface area contributed by atoms with Crippen molar-refractivity contribution in [1.29, 1.82) is 0 Å². The summed E-state index contributed by atoms with van der Waals surface area (Å²) in [6.45, 7) is 4.41. The van der Waals surface area contributed by atoms with Crippen molar-refractivity contribution in [2.75, 3.05) is 26.2 Å². The average Bonchev–Trinajstić information content (AvgIpc) is 2.80. The molecule has 0 aromatic heterocycles. The standard InChI is InChI=1S/C19H28N2O/c22-12-2-1-3-16-7-11-21-14-19(16)18-5-4-15-6-9-20-10-8-17(15)13-18/h4-5,12-13,16,19-21H,1-3,6-11,14H2. The van der Waals surface area contributed by atoms with E-state index in [0.717, 1.165) is 57.6 Å². The molecule has 1 fully saturated rings. The maximum absolute atomic E-state index is 10.6. The molecule has 22 heavy (non-hydrogen) atoms. The number of rotatable bonds is 5. The third-order valence-corrected chi connectivity index (χ3v) is 5.32. The fraction of sp³-hybridized carbons (Fsp3) is 0.632. The van der Waals surface area contributed by atoms with Gasteiger partial charge >= 0.3 is 0 Å². The van der Waals surface area contributed by atoms with Gasteiger partial charge in [0.25, 0.3) is 0 Å². The van der Waals surface area contributed by atoms with Crippen molar-refractivity contribution in [2.45, 2.75) is 44.4 Å². The van der Waals surface area contributed by atoms with Gasteiger partial charge < -0.3 is 15.4 Å². The zero-order valence-corrected chi connectivity index (χ0v) is 13.4. The lowest BCUT2D eigenvalue weighted by Crippen LogP contribution is -2.35. The Bertz CT molecular complexity index is 500. The van der Waals surface area contributed by atoms with Crippen LogP contribution in [0.5, 0.6) is 0 Å². The zero-order chi connectivity index (χ0) is 15.2. The van der Waals surface area contributed by atoms with Crippen LogP contribution in [0, 0.1) is 5.92 Å². The lowest BCUT2D eigenvalue weighted by Gasteiger charge is -2.33. The van der Waals surface area contributed by atoms with Gasteiger partial charge in [-0.1, -0.05) is 18.2 Å². The van der Waals surface area contributed by atoms with E-state index in [1.54, 1.807) is 5.56 Å². The van der Waals surface area contributed by atoms with Crippen LogP contribution in [0.3, 0.4) is 0 Å². The summed E-state index contributed by atoms with van der Waals surface area (Å²) in [6, 6.07) is 7.18. The Balaban J connectivity index is 1.75. The Morgan fingerprint density at radius 3 is 2.82 bits per heavy atom. The summed E-state index contributed by atoms with van der Waals surface area (Å²) < 4.78 is 0. The molecule has 120 valence electrons. The largest absolute Gasteiger partial charge is 0.316 e. The number of hydrogen-bond acceptors (Lipinski definition) is 3. The van der Waals surface area contributed by atoms with Crippen LogP contribution < -0.4 is 10.6 Å². The molecule has 2 atom stereocenters. The lowest BCUT2D eigenvalue weighted by molar-refractivity contribution is -0.108. The third kappa shape index (κ3) is 3.76. The van der Waals surface area contributed by atoms with Gasteiger partial charge in [-0.3, -0.25) is 0 Å². The SMILES string of the molecule is O=CCCCC1CCNCC1c1ccc2c(c1)CCNCC2. The Labute approximate surface area is 133 Å². The molecule has 1 aromatic rings. The lowest BCUT2D eigenvalue weighted by atomic mass is 9.78. The predicted molar refractivity (Wildman–Crippen MR) is 90.4 cm³/mol. The summed E-state index contributed by atoms with van der Waals surface area (Å²) >= 11 is 0. The Morgan fingerprint density at radius 1 is 1.09 bits per heavy atom. The van der Waals surface area contributed by atoms with Gasteiger partial charge in [-0.2, -0.15) is 0 Å². The number of nitrogens with one attached hydrogen (secondary N) is 2. The van der Waals surface area contributed by atoms with Crippen LogP contribution in [-0.4, -0.2) is 32.5 Å². The van der Waals surface area contributed by atoms with Gasteiger partial charge in [0.15, 0.2) is 0 Å². The molecule has 0 saturated carbocycles. The second-order valence-corrected chi connectivity index (χ2v) is 6.74. The Morgan fingerprint density at radius 2 is 1.95 bits per heavy atom. The summed E-state index contributed by atoms with van der Waals surface area (Å²) in [6.07, 6.45) is 7.55. The topological polar surface area (TPSA) is 41.1 Å². The van der Waals surface area contributed by atoms with Crippen molar-refractivity contribution in [3.63, 3.8) is 0 Å². The van der Waals surface area contributed by atoms with E-state index in [1.807, 2.05) is 0 Å². The van der Waals surface area contributed by atoms with E-state index in [9.17, 15) is 4.79 Å². The minimum atomic E-state index is 0.613. The Kier molecular flexibility index (Phi) is 5.63. The van der Waals surface area contributed by atoms with E-state index < -0.39 is 0 Å². The molecule has 0 aliphatic carbocycles. The number of piperidine rings is 1. The van der Waals surface area contributed by atoms with E-state index >= 15 is 0 Å². The molecule has 0 amide bonds. The summed E-state index contributed by atoms with van der Waals surface area (Å²) in [5, 5.41) is 7.06. The number of carbonyl (C=O) groups is 1. The summed E-state index contributed by atoms with van der Waals surface area (Å²) in [5.74, 6) is 1.34. The van der Waals surface area contributed by atoms with Crippen LogP contribution in [0.25, 0.3) is 0 Å². The molecule has 3 heteroatoms. The van der Waals surface area contributed by atoms with Crippen molar-refractivity contribution < 1.29 is 4.79 Å². The molecule has 2 aliphatic rings.